The van der Waals surface area contributed by atoms with E-state index >= 15 is 0 Å². The molecule has 0 aliphatic rings. The van der Waals surface area contributed by atoms with Gasteiger partial charge in [-0.2, -0.15) is 11.8 Å². The third kappa shape index (κ3) is 38.6. The molecule has 0 unspecified atom stereocenters. The number of nitrogens with two attached hydrogens (primary N) is 5. The first kappa shape index (κ1) is 102. The first-order chi connectivity index (χ1) is 55.5. The Balaban J connectivity index is 1.97. The number of unbranched alkanes of at least 4 members (excludes halogenated alkanes) is 1. The van der Waals surface area contributed by atoms with Gasteiger partial charge in [0.25, 0.3) is 0 Å². The number of primary amides is 1. The van der Waals surface area contributed by atoms with Crippen LogP contribution in [0.3, 0.4) is 0 Å². The summed E-state index contributed by atoms with van der Waals surface area (Å²) in [4.78, 5) is 233. The van der Waals surface area contributed by atoms with Crippen molar-refractivity contribution < 1.29 is 95.9 Å². The molecule has 3 rings (SSSR count). The van der Waals surface area contributed by atoms with Crippen molar-refractivity contribution >= 4 is 114 Å². The lowest BCUT2D eigenvalue weighted by Crippen LogP contribution is -2.62. The third-order valence-electron chi connectivity index (χ3n) is 18.2. The van der Waals surface area contributed by atoms with Crippen molar-refractivity contribution in [1.29, 1.82) is 0 Å². The van der Waals surface area contributed by atoms with Crippen molar-refractivity contribution in [3.8, 4) is 0 Å². The fraction of sp³-hybridized carbons (Fsp3) is 0.558. The summed E-state index contributed by atoms with van der Waals surface area (Å²) in [5, 5.41) is 43.2. The molecule has 3 aromatic carbocycles. The molecule has 0 bridgehead atoms. The van der Waals surface area contributed by atoms with E-state index in [1.54, 1.807) is 125 Å². The van der Waals surface area contributed by atoms with Crippen molar-refractivity contribution in [3.63, 3.8) is 0 Å². The zero-order valence-electron chi connectivity index (χ0n) is 68.3. The number of aliphatic carboxylic acids is 1. The molecule has 0 aliphatic heterocycles. The Morgan fingerprint density at radius 3 is 1.16 bits per heavy atom. The van der Waals surface area contributed by atoms with Crippen LogP contribution in [0.5, 0.6) is 0 Å². The van der Waals surface area contributed by atoms with Crippen molar-refractivity contribution in [1.82, 2.24) is 69.1 Å². The van der Waals surface area contributed by atoms with E-state index in [1.165, 1.54) is 46.4 Å². The fourth-order valence-electron chi connectivity index (χ4n) is 11.7. The smallest absolute Gasteiger partial charge is 0.469 e. The number of carboxylic acid groups (broad SMARTS) is 1. The third-order valence-corrected chi connectivity index (χ3v) is 19.4. The number of nitrogens with one attached hydrogen (secondary N) is 13. The van der Waals surface area contributed by atoms with E-state index in [2.05, 4.69) is 74.1 Å². The second kappa shape index (κ2) is 52.2. The number of hydrogen-bond donors (Lipinski definition) is 21. The van der Waals surface area contributed by atoms with E-state index in [9.17, 15) is 91.4 Å². The minimum absolute atomic E-state index is 0.0209. The molecule has 118 heavy (non-hydrogen) atoms. The molecular formula is C77H120N19O20PS. The summed E-state index contributed by atoms with van der Waals surface area (Å²) >= 11 is 1.19. The summed E-state index contributed by atoms with van der Waals surface area (Å²) in [6.07, 6.45) is 0.686. The predicted octanol–water partition coefficient (Wildman–Crippen LogP) is -2.84. The van der Waals surface area contributed by atoms with Crippen molar-refractivity contribution in [3.05, 3.63) is 108 Å². The highest BCUT2D eigenvalue weighted by molar-refractivity contribution is 7.98. The Bertz CT molecular complexity index is 3900. The highest BCUT2D eigenvalue weighted by Crippen LogP contribution is 2.35. The molecule has 14 atom stereocenters. The maximum Gasteiger partial charge on any atom is 0.469 e. The van der Waals surface area contributed by atoms with Crippen LogP contribution in [0.15, 0.2) is 96.0 Å². The number of carbonyl (C=O) groups is 15. The Kier molecular flexibility index (Phi) is 44.9. The number of carboxylic acids is 1. The van der Waals surface area contributed by atoms with Gasteiger partial charge in [0, 0.05) is 32.2 Å². The summed E-state index contributed by atoms with van der Waals surface area (Å²) < 4.78 is 16.9. The first-order valence-electron chi connectivity index (χ1n) is 38.8. The van der Waals surface area contributed by atoms with Crippen molar-refractivity contribution in [2.24, 2.45) is 51.4 Å². The lowest BCUT2D eigenvalue weighted by Gasteiger charge is -2.29. The zero-order chi connectivity index (χ0) is 88.5. The van der Waals surface area contributed by atoms with Gasteiger partial charge >= 0.3 is 13.8 Å². The normalized spacial score (nSPS) is 14.9. The molecule has 0 radical (unpaired) electrons. The van der Waals surface area contributed by atoms with Crippen LogP contribution >= 0.6 is 19.6 Å². The highest BCUT2D eigenvalue weighted by Gasteiger charge is 2.39. The number of aliphatic imine (C=N–C) groups is 1. The molecule has 0 saturated carbocycles. The van der Waals surface area contributed by atoms with Gasteiger partial charge in [-0.3, -0.25) is 76.6 Å². The summed E-state index contributed by atoms with van der Waals surface area (Å²) in [5.74, 6) is -16.5. The lowest BCUT2D eigenvalue weighted by atomic mass is 9.99. The van der Waals surface area contributed by atoms with E-state index < -0.39 is 212 Å². The highest BCUT2D eigenvalue weighted by atomic mass is 32.2. The number of carbonyl (C=O) groups excluding carboxylic acids is 14. The Hall–Kier alpha value is -10.6. The van der Waals surface area contributed by atoms with E-state index in [-0.39, 0.29) is 82.1 Å². The Labute approximate surface area is 690 Å². The molecule has 0 aliphatic carbocycles. The molecule has 26 N–H and O–H groups in total. The Morgan fingerprint density at radius 2 is 0.771 bits per heavy atom. The molecule has 39 nitrogen and oxygen atoms in total. The molecule has 0 aromatic heterocycles. The van der Waals surface area contributed by atoms with Gasteiger partial charge in [0.15, 0.2) is 5.96 Å². The second-order valence-corrected chi connectivity index (χ2v) is 31.8. The number of hydrogen-bond acceptors (Lipinski definition) is 21. The van der Waals surface area contributed by atoms with Crippen LogP contribution in [0.2, 0.25) is 0 Å². The van der Waals surface area contributed by atoms with Crippen LogP contribution in [-0.2, 0) is 100 Å². The van der Waals surface area contributed by atoms with Crippen molar-refractivity contribution in [2.45, 2.75) is 224 Å². The SMILES string of the molecule is CSCC[C@H](NC(=O)[C@H](CCC(N)=O)NC(=O)[C@H](CCCN=C(N)N)NC(=O)[C@@H](NC(=O)[C@H](CC(C)C)NC(=O)[C@H](C)NC(=O)[C@H](C)N)C(C)C)C(=O)N[C@@H](COP(=O)(O)O)C(=O)N[C@H](C(=O)N[C@@H](C)C(=O)N[C@@H](Cc1ccccc1)C(=O)N[C@@H](Cc1ccccc1)C(=O)N[C@@H](Cc1ccccc1)C(=O)N[C@@H](CCCCN)C(=O)O)C(C)C. The standard InChI is InChI=1S/C77H120N19O20PS/c1-42(2)37-55(90-64(99)46(8)84-63(98)45(7)79)72(107)95-62(44(5)6)75(110)88-51(30-22-35-83-77(81)82)66(101)86-52(31-32-60(80)97)67(102)87-53(33-36-118-10)68(103)94-59(41-116-117(113,114)115)73(108)96-61(43(3)4)74(109)85-47(9)65(100)91-56(38-48-23-14-11-15-24-48)70(105)93-58(40-50-27-18-13-19-28-50)71(106)92-57(39-49-25-16-12-17-26-49)69(104)89-54(76(111)112)29-20-21-34-78/h11-19,23-28,42-47,51-59,61-62H,20-22,29-41,78-79H2,1-10H3,(H2,80,97)(H,84,98)(H,85,109)(H,86,101)(H,87,102)(H,88,110)(H,89,104)(H,90,99)(H,91,100)(H,92,106)(H,93,105)(H,94,103)(H,95,107)(H,96,108)(H,111,112)(H4,81,82,83)(H2,113,114,115)/t45-,46-,47-,51-,52-,53-,54-,55-,56-,57-,58-,59-,61-,62-/m0/s1. The van der Waals surface area contributed by atoms with Gasteiger partial charge in [-0.05, 0) is 125 Å². The van der Waals surface area contributed by atoms with Gasteiger partial charge < -0.3 is 113 Å². The quantitative estimate of drug-likeness (QED) is 0.0117. The molecule has 654 valence electrons. The molecule has 0 spiro atoms. The number of guanidine groups is 1. The van der Waals surface area contributed by atoms with E-state index in [1.807, 2.05) is 0 Å². The molecule has 3 aromatic rings. The number of thioether (sulfide) groups is 1. The van der Waals surface area contributed by atoms with Crippen molar-refractivity contribution in [2.75, 3.05) is 31.7 Å². The number of benzene rings is 3. The number of amides is 14. The summed E-state index contributed by atoms with van der Waals surface area (Å²) in [6.45, 7) is 12.7. The monoisotopic (exact) mass is 1690 g/mol. The van der Waals surface area contributed by atoms with Gasteiger partial charge in [-0.1, -0.05) is 133 Å². The maximum atomic E-state index is 14.8. The van der Waals surface area contributed by atoms with Gasteiger partial charge in [-0.15, -0.1) is 0 Å². The number of rotatable bonds is 54. The van der Waals surface area contributed by atoms with Crippen LogP contribution < -0.4 is 97.8 Å². The first-order valence-corrected chi connectivity index (χ1v) is 41.7. The van der Waals surface area contributed by atoms with Crippen LogP contribution in [0.4, 0.5) is 0 Å². The van der Waals surface area contributed by atoms with Crippen LogP contribution in [0.25, 0.3) is 0 Å². The molecule has 0 saturated heterocycles. The molecule has 41 heteroatoms. The van der Waals surface area contributed by atoms with E-state index in [0.29, 0.717) is 29.5 Å². The van der Waals surface area contributed by atoms with Gasteiger partial charge in [0.2, 0.25) is 82.7 Å². The minimum Gasteiger partial charge on any atom is -0.480 e. The van der Waals surface area contributed by atoms with Gasteiger partial charge in [0.05, 0.1) is 12.6 Å². The number of phosphoric acid groups is 1. The Morgan fingerprint density at radius 1 is 0.424 bits per heavy atom. The lowest BCUT2D eigenvalue weighted by molar-refractivity contribution is -0.142. The molecular weight excluding hydrogens is 1570 g/mol. The maximum absolute atomic E-state index is 14.8. The van der Waals surface area contributed by atoms with Gasteiger partial charge in [-0.25, -0.2) is 9.36 Å². The average molecular weight is 1690 g/mol. The predicted molar refractivity (Wildman–Crippen MR) is 440 cm³/mol. The minimum atomic E-state index is -5.46. The van der Waals surface area contributed by atoms with E-state index in [0.717, 1.165) is 0 Å². The average Bonchev–Trinajstić information content (AvgIpc) is 0.856. The molecule has 14 amide bonds. The fourth-order valence-corrected chi connectivity index (χ4v) is 12.5. The molecule has 0 fully saturated rings. The largest absolute Gasteiger partial charge is 0.480 e. The summed E-state index contributed by atoms with van der Waals surface area (Å²) in [6, 6.07) is 4.97. The zero-order valence-corrected chi connectivity index (χ0v) is 70.0. The van der Waals surface area contributed by atoms with Crippen LogP contribution in [-0.4, -0.2) is 226 Å². The number of phosphoric ester groups is 1. The molecule has 0 heterocycles. The second-order valence-electron chi connectivity index (χ2n) is 29.6. The number of nitrogens with zero attached hydrogens (tertiary/aromatic N) is 1. The van der Waals surface area contributed by atoms with E-state index in [4.69, 9.17) is 33.2 Å². The summed E-state index contributed by atoms with van der Waals surface area (Å²) in [5.41, 5.74) is 29.6. The van der Waals surface area contributed by atoms with Crippen LogP contribution in [0, 0.1) is 17.8 Å². The summed E-state index contributed by atoms with van der Waals surface area (Å²) in [7, 11) is -5.46. The topological polar surface area (TPSA) is 642 Å². The van der Waals surface area contributed by atoms with Crippen LogP contribution in [0.1, 0.15) is 137 Å². The van der Waals surface area contributed by atoms with Gasteiger partial charge in [0.1, 0.15) is 78.5 Å².